The quantitative estimate of drug-likeness (QED) is 0.117. The van der Waals surface area contributed by atoms with E-state index in [2.05, 4.69) is 16.0 Å². The lowest BCUT2D eigenvalue weighted by molar-refractivity contribution is -0.149. The fourth-order valence-corrected chi connectivity index (χ4v) is 3.54. The van der Waals surface area contributed by atoms with Crippen molar-refractivity contribution in [2.24, 2.45) is 11.5 Å². The normalized spacial score (nSPS) is 16.9. The van der Waals surface area contributed by atoms with Crippen molar-refractivity contribution in [3.8, 4) is 0 Å². The lowest BCUT2D eigenvalue weighted by Gasteiger charge is -2.28. The molecule has 1 aliphatic rings. The average Bonchev–Trinajstić information content (AvgIpc) is 3.29. The van der Waals surface area contributed by atoms with E-state index < -0.39 is 66.7 Å². The monoisotopic (exact) mass is 486 g/mol. The molecule has 1 heterocycles. The molecule has 0 spiro atoms. The van der Waals surface area contributed by atoms with Gasteiger partial charge in [-0.2, -0.15) is 0 Å². The first-order chi connectivity index (χ1) is 16.1. The molecule has 1 aliphatic heterocycles. The number of hydrogen-bond donors (Lipinski definition) is 7. The van der Waals surface area contributed by atoms with Gasteiger partial charge < -0.3 is 42.5 Å². The molecule has 0 aliphatic carbocycles. The summed E-state index contributed by atoms with van der Waals surface area (Å²) in [4.78, 5) is 73.1. The van der Waals surface area contributed by atoms with Gasteiger partial charge in [0.05, 0.1) is 13.1 Å². The molecule has 1 saturated heterocycles. The number of unbranched alkanes of at least 4 members (excludes halogenated alkanes) is 1. The van der Waals surface area contributed by atoms with Crippen molar-refractivity contribution in [1.29, 1.82) is 0 Å². The molecule has 192 valence electrons. The fourth-order valence-electron chi connectivity index (χ4n) is 3.54. The van der Waals surface area contributed by atoms with Crippen LogP contribution in [0.3, 0.4) is 0 Å². The minimum Gasteiger partial charge on any atom is -0.481 e. The number of likely N-dealkylation sites (tertiary alicyclic amines) is 1. The van der Waals surface area contributed by atoms with Crippen molar-refractivity contribution in [1.82, 2.24) is 20.9 Å². The molecule has 14 nitrogen and oxygen atoms in total. The Bertz CT molecular complexity index is 761. The first-order valence-electron chi connectivity index (χ1n) is 11.1. The molecule has 0 unspecified atom stereocenters. The van der Waals surface area contributed by atoms with Gasteiger partial charge in [-0.15, -0.1) is 0 Å². The standard InChI is InChI=1S/C20H34N6O8/c21-8-2-1-4-13(19(32)26-9-3-5-14(26)20(33)34)25-18(31)12(6-7-17(29)30)24-16(28)11-23-15(27)10-22/h12-14H,1-11,21-22H2,(H,23,27)(H,24,28)(H,25,31)(H,29,30)(H,33,34)/t12-,13-,14-/m0/s1. The highest BCUT2D eigenvalue weighted by atomic mass is 16.4. The van der Waals surface area contributed by atoms with E-state index >= 15 is 0 Å². The smallest absolute Gasteiger partial charge is 0.326 e. The Balaban J connectivity index is 2.95. The maximum Gasteiger partial charge on any atom is 0.326 e. The summed E-state index contributed by atoms with van der Waals surface area (Å²) in [6, 6.07) is -3.35. The van der Waals surface area contributed by atoms with E-state index in [4.69, 9.17) is 16.6 Å². The fraction of sp³-hybridized carbons (Fsp3) is 0.700. The summed E-state index contributed by atoms with van der Waals surface area (Å²) in [6.45, 7) is -0.211. The van der Waals surface area contributed by atoms with E-state index in [1.807, 2.05) is 0 Å². The van der Waals surface area contributed by atoms with Crippen molar-refractivity contribution in [3.05, 3.63) is 0 Å². The summed E-state index contributed by atoms with van der Waals surface area (Å²) in [6.07, 6.45) is 1.36. The Labute approximate surface area is 196 Å². The van der Waals surface area contributed by atoms with Gasteiger partial charge in [0.1, 0.15) is 18.1 Å². The second-order valence-electron chi connectivity index (χ2n) is 7.91. The number of carboxylic acid groups (broad SMARTS) is 2. The van der Waals surface area contributed by atoms with Gasteiger partial charge in [-0.1, -0.05) is 0 Å². The summed E-state index contributed by atoms with van der Waals surface area (Å²) in [5, 5.41) is 25.5. The number of nitrogens with zero attached hydrogens (tertiary/aromatic N) is 1. The van der Waals surface area contributed by atoms with Crippen molar-refractivity contribution in [2.75, 3.05) is 26.2 Å². The number of carboxylic acids is 2. The number of nitrogens with one attached hydrogen (secondary N) is 3. The summed E-state index contributed by atoms with van der Waals surface area (Å²) < 4.78 is 0. The number of amides is 4. The second kappa shape index (κ2) is 14.8. The molecule has 0 aromatic carbocycles. The molecule has 0 bridgehead atoms. The molecule has 14 heteroatoms. The van der Waals surface area contributed by atoms with E-state index in [-0.39, 0.29) is 25.9 Å². The van der Waals surface area contributed by atoms with Crippen LogP contribution in [0.2, 0.25) is 0 Å². The molecule has 9 N–H and O–H groups in total. The lowest BCUT2D eigenvalue weighted by atomic mass is 10.1. The molecule has 0 radical (unpaired) electrons. The van der Waals surface area contributed by atoms with E-state index in [1.165, 1.54) is 4.90 Å². The Morgan fingerprint density at radius 1 is 0.941 bits per heavy atom. The summed E-state index contributed by atoms with van der Waals surface area (Å²) >= 11 is 0. The maximum atomic E-state index is 13.1. The third-order valence-corrected chi connectivity index (χ3v) is 5.31. The highest BCUT2D eigenvalue weighted by Gasteiger charge is 2.38. The molecule has 34 heavy (non-hydrogen) atoms. The van der Waals surface area contributed by atoms with Crippen molar-refractivity contribution in [3.63, 3.8) is 0 Å². The van der Waals surface area contributed by atoms with Gasteiger partial charge >= 0.3 is 11.9 Å². The maximum absolute atomic E-state index is 13.1. The van der Waals surface area contributed by atoms with Crippen LogP contribution in [-0.4, -0.2) is 95.0 Å². The highest BCUT2D eigenvalue weighted by molar-refractivity contribution is 5.94. The number of rotatable bonds is 15. The van der Waals surface area contributed by atoms with E-state index in [1.54, 1.807) is 0 Å². The minimum atomic E-state index is -1.29. The number of aliphatic carboxylic acids is 2. The predicted molar refractivity (Wildman–Crippen MR) is 118 cm³/mol. The Morgan fingerprint density at radius 2 is 1.65 bits per heavy atom. The van der Waals surface area contributed by atoms with Crippen LogP contribution in [0.15, 0.2) is 0 Å². The molecule has 4 amide bonds. The van der Waals surface area contributed by atoms with Crippen LogP contribution in [0.25, 0.3) is 0 Å². The third kappa shape index (κ3) is 9.70. The molecule has 0 saturated carbocycles. The first-order valence-corrected chi connectivity index (χ1v) is 11.1. The molecule has 1 fully saturated rings. The molecule has 0 aromatic rings. The van der Waals surface area contributed by atoms with E-state index in [9.17, 15) is 33.9 Å². The molecule has 3 atom stereocenters. The zero-order valence-corrected chi connectivity index (χ0v) is 19.0. The van der Waals surface area contributed by atoms with Crippen LogP contribution in [0.4, 0.5) is 0 Å². The third-order valence-electron chi connectivity index (χ3n) is 5.31. The number of carbonyl (C=O) groups excluding carboxylic acids is 4. The van der Waals surface area contributed by atoms with Gasteiger partial charge in [0.15, 0.2) is 0 Å². The van der Waals surface area contributed by atoms with Crippen LogP contribution < -0.4 is 27.4 Å². The van der Waals surface area contributed by atoms with Gasteiger partial charge in [-0.05, 0) is 45.1 Å². The van der Waals surface area contributed by atoms with Crippen molar-refractivity contribution < 1.29 is 39.0 Å². The summed E-state index contributed by atoms with van der Waals surface area (Å²) in [5.41, 5.74) is 10.7. The van der Waals surface area contributed by atoms with Crippen LogP contribution in [0, 0.1) is 0 Å². The summed E-state index contributed by atoms with van der Waals surface area (Å²) in [5.74, 6) is -5.02. The highest BCUT2D eigenvalue weighted by Crippen LogP contribution is 2.20. The minimum absolute atomic E-state index is 0.191. The number of hydrogen-bond acceptors (Lipinski definition) is 8. The van der Waals surface area contributed by atoms with Crippen molar-refractivity contribution in [2.45, 2.75) is 63.1 Å². The number of nitrogens with two attached hydrogens (primary N) is 2. The average molecular weight is 487 g/mol. The van der Waals surface area contributed by atoms with E-state index in [0.29, 0.717) is 32.2 Å². The van der Waals surface area contributed by atoms with Crippen molar-refractivity contribution >= 4 is 35.6 Å². The zero-order chi connectivity index (χ0) is 25.7. The zero-order valence-electron chi connectivity index (χ0n) is 19.0. The SMILES string of the molecule is NCCCC[C@H](NC(=O)[C@H](CCC(=O)O)NC(=O)CNC(=O)CN)C(=O)N1CCC[C@H]1C(=O)O. The Hall–Kier alpha value is -3.26. The van der Waals surface area contributed by atoms with Gasteiger partial charge in [-0.25, -0.2) is 4.79 Å². The van der Waals surface area contributed by atoms with Crippen LogP contribution >= 0.6 is 0 Å². The van der Waals surface area contributed by atoms with Gasteiger partial charge in [-0.3, -0.25) is 24.0 Å². The van der Waals surface area contributed by atoms with Crippen LogP contribution in [-0.2, 0) is 28.8 Å². The predicted octanol–water partition coefficient (Wildman–Crippen LogP) is -2.90. The molecule has 0 aromatic heterocycles. The Morgan fingerprint density at radius 3 is 2.24 bits per heavy atom. The Kier molecular flexibility index (Phi) is 12.5. The molecule has 1 rings (SSSR count). The van der Waals surface area contributed by atoms with Gasteiger partial charge in [0.2, 0.25) is 23.6 Å². The topological polar surface area (TPSA) is 234 Å². The largest absolute Gasteiger partial charge is 0.481 e. The van der Waals surface area contributed by atoms with Gasteiger partial charge in [0.25, 0.3) is 0 Å². The van der Waals surface area contributed by atoms with E-state index in [0.717, 1.165) is 0 Å². The summed E-state index contributed by atoms with van der Waals surface area (Å²) in [7, 11) is 0. The van der Waals surface area contributed by atoms with Gasteiger partial charge in [0, 0.05) is 13.0 Å². The molecular weight excluding hydrogens is 452 g/mol. The first kappa shape index (κ1) is 28.8. The van der Waals surface area contributed by atoms with Crippen LogP contribution in [0.1, 0.15) is 44.9 Å². The number of carbonyl (C=O) groups is 6. The van der Waals surface area contributed by atoms with Crippen LogP contribution in [0.5, 0.6) is 0 Å². The second-order valence-corrected chi connectivity index (χ2v) is 7.91. The lowest BCUT2D eigenvalue weighted by Crippen LogP contribution is -2.56. The molecular formula is C20H34N6O8.